The molecular weight excluding hydrogens is 666 g/mol. The Kier molecular flexibility index (Phi) is 13.5. The lowest BCUT2D eigenvalue weighted by Gasteiger charge is -2.32. The smallest absolute Gasteiger partial charge is 0.407 e. The molecule has 0 spiro atoms. The van der Waals surface area contributed by atoms with Crippen molar-refractivity contribution in [2.45, 2.75) is 85.9 Å². The normalized spacial score (nSPS) is 11.9. The largest absolute Gasteiger partial charge is 0.449 e. The third-order valence-corrected chi connectivity index (χ3v) is 9.20. The average molecular weight is 724 g/mol. The molecule has 284 valence electrons. The quantitative estimate of drug-likeness (QED) is 0.135. The predicted molar refractivity (Wildman–Crippen MR) is 214 cm³/mol. The van der Waals surface area contributed by atoms with Gasteiger partial charge in [-0.15, -0.1) is 0 Å². The van der Waals surface area contributed by atoms with Gasteiger partial charge in [0.05, 0.1) is 22.0 Å². The van der Waals surface area contributed by atoms with Crippen LogP contribution in [0.4, 0.5) is 14.4 Å². The van der Waals surface area contributed by atoms with Crippen LogP contribution in [0.2, 0.25) is 0 Å². The molecular formula is C44H57N3O6. The first-order valence-electron chi connectivity index (χ1n) is 17.7. The van der Waals surface area contributed by atoms with E-state index in [0.29, 0.717) is 0 Å². The molecule has 9 nitrogen and oxygen atoms in total. The summed E-state index contributed by atoms with van der Waals surface area (Å²) < 4.78 is 17.1. The van der Waals surface area contributed by atoms with E-state index in [1.807, 2.05) is 135 Å². The summed E-state index contributed by atoms with van der Waals surface area (Å²) in [6, 6.07) is 23.3. The maximum absolute atomic E-state index is 13.2. The third kappa shape index (κ3) is 12.1. The van der Waals surface area contributed by atoms with Crippen LogP contribution in [0.25, 0.3) is 16.7 Å². The number of carbonyl (C=O) groups excluding carboxylic acids is 3. The number of amides is 3. The van der Waals surface area contributed by atoms with Crippen molar-refractivity contribution in [2.24, 2.45) is 5.41 Å². The Labute approximate surface area is 315 Å². The van der Waals surface area contributed by atoms with Crippen LogP contribution >= 0.6 is 0 Å². The topological polar surface area (TPSA) is 115 Å². The van der Waals surface area contributed by atoms with Crippen molar-refractivity contribution in [2.75, 3.05) is 19.8 Å². The highest BCUT2D eigenvalue weighted by Crippen LogP contribution is 2.27. The van der Waals surface area contributed by atoms with Crippen molar-refractivity contribution in [1.29, 1.82) is 0 Å². The molecule has 0 heterocycles. The Morgan fingerprint density at radius 1 is 0.453 bits per heavy atom. The van der Waals surface area contributed by atoms with E-state index in [9.17, 15) is 14.4 Å². The zero-order valence-electron chi connectivity index (χ0n) is 33.1. The Balaban J connectivity index is 1.72. The molecule has 0 saturated heterocycles. The highest BCUT2D eigenvalue weighted by molar-refractivity contribution is 5.71. The fourth-order valence-corrected chi connectivity index (χ4v) is 5.45. The summed E-state index contributed by atoms with van der Waals surface area (Å²) >= 11 is 0. The van der Waals surface area contributed by atoms with Crippen LogP contribution in [0.1, 0.15) is 103 Å². The zero-order chi connectivity index (χ0) is 39.8. The highest BCUT2D eigenvalue weighted by Gasteiger charge is 2.34. The average Bonchev–Trinajstić information content (AvgIpc) is 3.08. The van der Waals surface area contributed by atoms with Gasteiger partial charge in [-0.2, -0.15) is 0 Å². The minimum Gasteiger partial charge on any atom is -0.449 e. The number of alkyl carbamates (subject to hydrolysis) is 3. The number of hydrogen-bond acceptors (Lipinski definition) is 6. The molecule has 0 aliphatic carbocycles. The molecule has 3 amide bonds. The van der Waals surface area contributed by atoms with Gasteiger partial charge in [0.25, 0.3) is 0 Å². The molecule has 0 atom stereocenters. The van der Waals surface area contributed by atoms with Gasteiger partial charge < -0.3 is 30.2 Å². The lowest BCUT2D eigenvalue weighted by Crippen LogP contribution is -2.46. The first kappa shape index (κ1) is 42.1. The number of benzene rings is 3. The van der Waals surface area contributed by atoms with E-state index in [-0.39, 0.29) is 19.8 Å². The predicted octanol–water partition coefficient (Wildman–Crippen LogP) is 10.1. The van der Waals surface area contributed by atoms with E-state index >= 15 is 0 Å². The van der Waals surface area contributed by atoms with Crippen molar-refractivity contribution >= 4 is 35.0 Å². The standard InChI is InChI=1S/C44H57N3O6/c1-29(2)32-14-20-35(21-15-32)41(7,8)45-38(48)51-26-44(13,27-52-39(49)46-42(9,10)36-22-16-33(17-23-36)30(3)4)28-53-40(50)47-43(11,12)37-24-18-34(19-25-37)31(5)6/h14-25H,1,3,5,26-28H2,2,4,6-13H3,(H,45,48)(H,46,49)(H,47,50). The van der Waals surface area contributed by atoms with E-state index < -0.39 is 40.3 Å². The number of rotatable bonds is 15. The van der Waals surface area contributed by atoms with Crippen molar-refractivity contribution in [3.63, 3.8) is 0 Å². The molecule has 3 rings (SSSR count). The first-order chi connectivity index (χ1) is 24.5. The van der Waals surface area contributed by atoms with Crippen LogP contribution in [0.5, 0.6) is 0 Å². The summed E-state index contributed by atoms with van der Waals surface area (Å²) in [7, 11) is 0. The molecule has 0 saturated carbocycles. The van der Waals surface area contributed by atoms with Crippen LogP contribution in [0, 0.1) is 5.41 Å². The second kappa shape index (κ2) is 17.0. The molecule has 3 aromatic rings. The van der Waals surface area contributed by atoms with E-state index in [2.05, 4.69) is 35.7 Å². The van der Waals surface area contributed by atoms with Crippen molar-refractivity contribution in [1.82, 2.24) is 16.0 Å². The monoisotopic (exact) mass is 723 g/mol. The van der Waals surface area contributed by atoms with Crippen LogP contribution in [0.15, 0.2) is 92.5 Å². The van der Waals surface area contributed by atoms with Gasteiger partial charge in [0, 0.05) is 0 Å². The third-order valence-electron chi connectivity index (χ3n) is 9.20. The van der Waals surface area contributed by atoms with Gasteiger partial charge in [-0.1, -0.05) is 109 Å². The highest BCUT2D eigenvalue weighted by atomic mass is 16.6. The van der Waals surface area contributed by atoms with Gasteiger partial charge in [0.2, 0.25) is 0 Å². The summed E-state index contributed by atoms with van der Waals surface area (Å²) in [5.41, 5.74) is 5.03. The number of nitrogens with one attached hydrogen (secondary N) is 3. The molecule has 53 heavy (non-hydrogen) atoms. The van der Waals surface area contributed by atoms with E-state index in [4.69, 9.17) is 14.2 Å². The molecule has 9 heteroatoms. The second-order valence-corrected chi connectivity index (χ2v) is 15.9. The van der Waals surface area contributed by atoms with Gasteiger partial charge >= 0.3 is 18.3 Å². The fourth-order valence-electron chi connectivity index (χ4n) is 5.45. The summed E-state index contributed by atoms with van der Waals surface area (Å²) in [5.74, 6) is 0. The molecule has 0 aromatic heterocycles. The Morgan fingerprint density at radius 3 is 0.849 bits per heavy atom. The lowest BCUT2D eigenvalue weighted by molar-refractivity contribution is -0.00792. The molecule has 0 fully saturated rings. The van der Waals surface area contributed by atoms with Crippen molar-refractivity contribution in [3.8, 4) is 0 Å². The van der Waals surface area contributed by atoms with E-state index in [1.165, 1.54) is 0 Å². The Hall–Kier alpha value is -5.31. The van der Waals surface area contributed by atoms with Crippen molar-refractivity contribution < 1.29 is 28.6 Å². The number of hydrogen-bond donors (Lipinski definition) is 3. The maximum atomic E-state index is 13.2. The molecule has 0 unspecified atom stereocenters. The summed E-state index contributed by atoms with van der Waals surface area (Å²) in [6.07, 6.45) is -2.05. The molecule has 0 radical (unpaired) electrons. The SMILES string of the molecule is C=C(C)c1ccc(C(C)(C)NC(=O)OCC(C)(COC(=O)NC(C)(C)c2ccc(C(=C)C)cc2)COC(=O)NC(C)(C)c2ccc(C(=C)C)cc2)cc1. The van der Waals surface area contributed by atoms with Crippen LogP contribution in [0.3, 0.4) is 0 Å². The maximum Gasteiger partial charge on any atom is 0.407 e. The number of allylic oxidation sites excluding steroid dienone is 3. The summed E-state index contributed by atoms with van der Waals surface area (Å²) in [5, 5.41) is 8.73. The molecule has 3 aromatic carbocycles. The van der Waals surface area contributed by atoms with Gasteiger partial charge in [-0.3, -0.25) is 0 Å². The summed E-state index contributed by atoms with van der Waals surface area (Å²) in [6.45, 7) is 30.0. The zero-order valence-corrected chi connectivity index (χ0v) is 33.1. The fraction of sp³-hybridized carbons (Fsp3) is 0.386. The number of ether oxygens (including phenoxy) is 3. The minimum atomic E-state index is -1.11. The summed E-state index contributed by atoms with van der Waals surface area (Å²) in [4.78, 5) is 39.5. The van der Waals surface area contributed by atoms with Gasteiger partial charge in [-0.05, 0) is 103 Å². The van der Waals surface area contributed by atoms with Gasteiger partial charge in [0.15, 0.2) is 0 Å². The molecule has 3 N–H and O–H groups in total. The molecule has 0 aliphatic heterocycles. The van der Waals surface area contributed by atoms with E-state index in [0.717, 1.165) is 50.1 Å². The first-order valence-corrected chi connectivity index (χ1v) is 17.7. The Bertz CT molecular complexity index is 1590. The second-order valence-electron chi connectivity index (χ2n) is 15.9. The van der Waals surface area contributed by atoms with Crippen LogP contribution in [-0.4, -0.2) is 38.1 Å². The minimum absolute atomic E-state index is 0.221. The van der Waals surface area contributed by atoms with Gasteiger partial charge in [0.1, 0.15) is 19.8 Å². The molecule has 0 aliphatic rings. The lowest BCUT2D eigenvalue weighted by atomic mass is 9.92. The number of carbonyl (C=O) groups is 3. The van der Waals surface area contributed by atoms with Gasteiger partial charge in [-0.25, -0.2) is 14.4 Å². The van der Waals surface area contributed by atoms with Crippen LogP contribution < -0.4 is 16.0 Å². The molecule has 0 bridgehead atoms. The van der Waals surface area contributed by atoms with E-state index in [1.54, 1.807) is 6.92 Å². The Morgan fingerprint density at radius 2 is 0.660 bits per heavy atom. The van der Waals surface area contributed by atoms with Crippen molar-refractivity contribution in [3.05, 3.63) is 126 Å². The van der Waals surface area contributed by atoms with Crippen LogP contribution in [-0.2, 0) is 30.8 Å².